The molecule has 1 N–H and O–H groups in total. The Morgan fingerprint density at radius 2 is 1.90 bits per heavy atom. The molecule has 11 heteroatoms. The first kappa shape index (κ1) is 17.9. The van der Waals surface area contributed by atoms with Gasteiger partial charge in [0.1, 0.15) is 5.69 Å². The molecule has 0 atom stereocenters. The number of aldehydes is 1. The smallest absolute Gasteiger partial charge is 0.422 e. The molecule has 0 bridgehead atoms. The Morgan fingerprint density at radius 3 is 2.33 bits per heavy atom. The van der Waals surface area contributed by atoms with E-state index in [0.717, 1.165) is 0 Å². The van der Waals surface area contributed by atoms with E-state index in [0.29, 0.717) is 11.5 Å². The maximum atomic E-state index is 12.2. The van der Waals surface area contributed by atoms with E-state index >= 15 is 0 Å². The van der Waals surface area contributed by atoms with Crippen molar-refractivity contribution in [3.8, 4) is 5.06 Å². The number of hydrogen-bond acceptors (Lipinski definition) is 6. The lowest BCUT2D eigenvalue weighted by molar-refractivity contribution is -0.153. The van der Waals surface area contributed by atoms with Crippen LogP contribution < -0.4 is 9.46 Å². The highest BCUT2D eigenvalue weighted by Crippen LogP contribution is 2.33. The normalized spacial score (nSPS) is 13.2. The van der Waals surface area contributed by atoms with E-state index in [9.17, 15) is 26.4 Å². The fraction of sp³-hybridized carbons (Fsp3) is 0.600. The predicted octanol–water partition coefficient (Wildman–Crippen LogP) is 1.97. The highest BCUT2D eigenvalue weighted by atomic mass is 32.2. The maximum Gasteiger partial charge on any atom is 0.422 e. The van der Waals surface area contributed by atoms with Gasteiger partial charge in [0.25, 0.3) is 0 Å². The first-order valence-electron chi connectivity index (χ1n) is 5.54. The van der Waals surface area contributed by atoms with Crippen LogP contribution in [-0.4, -0.2) is 37.4 Å². The predicted molar refractivity (Wildman–Crippen MR) is 69.1 cm³/mol. The van der Waals surface area contributed by atoms with Gasteiger partial charge in [0.2, 0.25) is 15.1 Å². The van der Waals surface area contributed by atoms with Gasteiger partial charge in [-0.15, -0.1) is 0 Å². The number of nitrogens with one attached hydrogen (secondary N) is 1. The van der Waals surface area contributed by atoms with Gasteiger partial charge in [-0.3, -0.25) is 4.79 Å². The average molecular weight is 346 g/mol. The fourth-order valence-electron chi connectivity index (χ4n) is 1.29. The third-order valence-electron chi connectivity index (χ3n) is 1.83. The van der Waals surface area contributed by atoms with Crippen LogP contribution in [0, 0.1) is 0 Å². The molecule has 21 heavy (non-hydrogen) atoms. The molecule has 6 nitrogen and oxygen atoms in total. The summed E-state index contributed by atoms with van der Waals surface area (Å²) >= 11 is 0.372. The molecule has 1 aromatic rings. The minimum absolute atomic E-state index is 0.147. The molecule has 0 aliphatic rings. The van der Waals surface area contributed by atoms with E-state index in [1.165, 1.54) is 0 Å². The Hall–Kier alpha value is -1.20. The molecular weight excluding hydrogens is 333 g/mol. The molecular formula is C10H13F3N2O4S2. The number of sulfonamides is 1. The first-order chi connectivity index (χ1) is 9.36. The van der Waals surface area contributed by atoms with Crippen molar-refractivity contribution in [1.29, 1.82) is 0 Å². The molecule has 1 rings (SSSR count). The molecule has 0 aromatic carbocycles. The molecule has 120 valence electrons. The lowest BCUT2D eigenvalue weighted by atomic mass is 10.1. The van der Waals surface area contributed by atoms with Gasteiger partial charge in [-0.05, 0) is 20.8 Å². The van der Waals surface area contributed by atoms with Crippen molar-refractivity contribution >= 4 is 27.8 Å². The van der Waals surface area contributed by atoms with Gasteiger partial charge in [0.15, 0.2) is 17.8 Å². The van der Waals surface area contributed by atoms with E-state index in [-0.39, 0.29) is 6.29 Å². The zero-order chi connectivity index (χ0) is 16.5. The minimum Gasteiger partial charge on any atom is -0.472 e. The molecule has 0 amide bonds. The average Bonchev–Trinajstić information content (AvgIpc) is 2.65. The number of alkyl halides is 3. The molecule has 0 aliphatic carbocycles. The molecule has 0 spiro atoms. The second-order valence-corrected chi connectivity index (χ2v) is 7.42. The van der Waals surface area contributed by atoms with Crippen molar-refractivity contribution in [3.05, 3.63) is 5.69 Å². The van der Waals surface area contributed by atoms with Gasteiger partial charge < -0.3 is 4.74 Å². The van der Waals surface area contributed by atoms with E-state index in [4.69, 9.17) is 0 Å². The molecule has 0 saturated heterocycles. The highest BCUT2D eigenvalue weighted by molar-refractivity contribution is 7.89. The lowest BCUT2D eigenvalue weighted by Gasteiger charge is -2.20. The summed E-state index contributed by atoms with van der Waals surface area (Å²) < 4.78 is 71.0. The Kier molecular flexibility index (Phi) is 5.01. The van der Waals surface area contributed by atoms with Crippen molar-refractivity contribution in [3.63, 3.8) is 0 Å². The fourth-order valence-corrected chi connectivity index (χ4v) is 3.96. The molecule has 0 radical (unpaired) electrons. The van der Waals surface area contributed by atoms with Gasteiger partial charge in [0, 0.05) is 17.1 Å². The summed E-state index contributed by atoms with van der Waals surface area (Å²) in [6.07, 6.45) is -4.49. The summed E-state index contributed by atoms with van der Waals surface area (Å²) in [6, 6.07) is 0. The van der Waals surface area contributed by atoms with Crippen LogP contribution in [0.5, 0.6) is 5.06 Å². The second kappa shape index (κ2) is 5.89. The summed E-state index contributed by atoms with van der Waals surface area (Å²) in [6.45, 7) is 2.95. The second-order valence-electron chi connectivity index (χ2n) is 5.06. The third kappa shape index (κ3) is 5.25. The number of ether oxygens (including phenoxy) is 1. The van der Waals surface area contributed by atoms with Crippen molar-refractivity contribution in [1.82, 2.24) is 9.10 Å². The number of carbonyl (C=O) groups is 1. The van der Waals surface area contributed by atoms with Crippen LogP contribution in [0.1, 0.15) is 31.3 Å². The number of hydrogen-bond donors (Lipinski definition) is 1. The van der Waals surface area contributed by atoms with Crippen LogP contribution >= 0.6 is 11.5 Å². The number of aromatic nitrogens is 1. The quantitative estimate of drug-likeness (QED) is 0.824. The van der Waals surface area contributed by atoms with Crippen molar-refractivity contribution < 1.29 is 31.1 Å². The molecule has 0 aliphatic heterocycles. The van der Waals surface area contributed by atoms with Crippen molar-refractivity contribution in [2.75, 3.05) is 6.61 Å². The topological polar surface area (TPSA) is 85.4 Å². The minimum atomic E-state index is -4.64. The summed E-state index contributed by atoms with van der Waals surface area (Å²) in [5.74, 6) is 0. The maximum absolute atomic E-state index is 12.2. The number of nitrogens with zero attached hydrogens (tertiary/aromatic N) is 1. The monoisotopic (exact) mass is 346 g/mol. The van der Waals surface area contributed by atoms with Gasteiger partial charge in [-0.1, -0.05) is 0 Å². The van der Waals surface area contributed by atoms with E-state index in [1.54, 1.807) is 20.8 Å². The largest absolute Gasteiger partial charge is 0.472 e. The molecule has 0 fully saturated rings. The standard InChI is InChI=1S/C10H13F3N2O4S2/c1-9(2,3)15-21(17,18)7-6(4-16)14-20-8(7)19-5-10(11,12)13/h4,15H,5H2,1-3H3. The molecule has 0 saturated carbocycles. The molecule has 0 unspecified atom stereocenters. The van der Waals surface area contributed by atoms with Crippen LogP contribution in [0.15, 0.2) is 4.90 Å². The summed E-state index contributed by atoms with van der Waals surface area (Å²) in [7, 11) is -4.24. The van der Waals surface area contributed by atoms with E-state index in [2.05, 4.69) is 13.8 Å². The Bertz CT molecular complexity index is 617. The number of carbonyl (C=O) groups excluding carboxylic acids is 1. The van der Waals surface area contributed by atoms with E-state index in [1.807, 2.05) is 0 Å². The summed E-state index contributed by atoms with van der Waals surface area (Å²) in [4.78, 5) is 10.1. The first-order valence-corrected chi connectivity index (χ1v) is 7.80. The van der Waals surface area contributed by atoms with Gasteiger partial charge in [-0.2, -0.15) is 17.5 Å². The Labute approximate surface area is 123 Å². The highest BCUT2D eigenvalue weighted by Gasteiger charge is 2.34. The van der Waals surface area contributed by atoms with Gasteiger partial charge in [-0.25, -0.2) is 13.1 Å². The number of halogens is 3. The van der Waals surface area contributed by atoms with Crippen LogP contribution in [0.3, 0.4) is 0 Å². The zero-order valence-corrected chi connectivity index (χ0v) is 12.9. The molecule has 1 aromatic heterocycles. The Balaban J connectivity index is 3.21. The third-order valence-corrected chi connectivity index (χ3v) is 4.55. The summed E-state index contributed by atoms with van der Waals surface area (Å²) in [5.41, 5.74) is -1.38. The van der Waals surface area contributed by atoms with Crippen LogP contribution in [-0.2, 0) is 10.0 Å². The Morgan fingerprint density at radius 1 is 1.33 bits per heavy atom. The number of rotatable bonds is 5. The SMILES string of the molecule is CC(C)(C)NS(=O)(=O)c1c(C=O)nsc1OCC(F)(F)F. The van der Waals surface area contributed by atoms with Crippen LogP contribution in [0.25, 0.3) is 0 Å². The van der Waals surface area contributed by atoms with Crippen molar-refractivity contribution in [2.45, 2.75) is 37.4 Å². The van der Waals surface area contributed by atoms with Gasteiger partial charge in [0.05, 0.1) is 0 Å². The van der Waals surface area contributed by atoms with Crippen LogP contribution in [0.4, 0.5) is 13.2 Å². The van der Waals surface area contributed by atoms with Crippen molar-refractivity contribution in [2.24, 2.45) is 0 Å². The molecule has 1 heterocycles. The van der Waals surface area contributed by atoms with Gasteiger partial charge >= 0.3 is 6.18 Å². The van der Waals surface area contributed by atoms with E-state index < -0.39 is 44.0 Å². The van der Waals surface area contributed by atoms with Crippen LogP contribution in [0.2, 0.25) is 0 Å². The lowest BCUT2D eigenvalue weighted by Crippen LogP contribution is -2.40. The zero-order valence-electron chi connectivity index (χ0n) is 11.3. The summed E-state index contributed by atoms with van der Waals surface area (Å²) in [5, 5.41) is -0.578.